The third-order valence-corrected chi connectivity index (χ3v) is 5.80. The summed E-state index contributed by atoms with van der Waals surface area (Å²) in [6, 6.07) is 0. The minimum atomic E-state index is -0.208. The Morgan fingerprint density at radius 2 is 2.41 bits per heavy atom. The predicted molar refractivity (Wildman–Crippen MR) is 74.9 cm³/mol. The van der Waals surface area contributed by atoms with E-state index in [4.69, 9.17) is 0 Å². The quantitative estimate of drug-likeness (QED) is 0.495. The lowest BCUT2D eigenvalue weighted by Crippen LogP contribution is -2.26. The number of amides is 1. The Kier molecular flexibility index (Phi) is 4.11. The van der Waals surface area contributed by atoms with Crippen molar-refractivity contribution in [3.05, 3.63) is 12.7 Å². The van der Waals surface area contributed by atoms with Crippen molar-refractivity contribution in [3.8, 4) is 0 Å². The van der Waals surface area contributed by atoms with Crippen LogP contribution in [-0.4, -0.2) is 32.9 Å². The molecule has 0 aliphatic heterocycles. The molecule has 1 N–H and O–H groups in total. The molecule has 0 bridgehead atoms. The van der Waals surface area contributed by atoms with Crippen molar-refractivity contribution in [2.45, 2.75) is 21.9 Å². The number of hydrogen-bond acceptors (Lipinski definition) is 6. The van der Waals surface area contributed by atoms with Gasteiger partial charge in [-0.3, -0.25) is 10.1 Å². The number of anilines is 1. The largest absolute Gasteiger partial charge is 0.299 e. The lowest BCUT2D eigenvalue weighted by molar-refractivity contribution is -0.116. The van der Waals surface area contributed by atoms with Crippen LogP contribution in [0.2, 0.25) is 0 Å². The summed E-state index contributed by atoms with van der Waals surface area (Å²) < 4.78 is 0.647. The van der Waals surface area contributed by atoms with Crippen molar-refractivity contribution in [2.24, 2.45) is 0 Å². The minimum absolute atomic E-state index is 0.0569. The molecule has 1 heterocycles. The van der Waals surface area contributed by atoms with Gasteiger partial charge in [0.25, 0.3) is 0 Å². The third kappa shape index (κ3) is 3.02. The Labute approximate surface area is 113 Å². The highest BCUT2D eigenvalue weighted by atomic mass is 32.2. The van der Waals surface area contributed by atoms with E-state index < -0.39 is 0 Å². The molecule has 1 aliphatic rings. The first-order chi connectivity index (χ1) is 8.20. The van der Waals surface area contributed by atoms with Gasteiger partial charge in [-0.15, -0.1) is 28.5 Å². The number of rotatable bonds is 6. The molecule has 1 aliphatic carbocycles. The van der Waals surface area contributed by atoms with Crippen molar-refractivity contribution >= 4 is 45.9 Å². The van der Waals surface area contributed by atoms with E-state index in [-0.39, 0.29) is 10.7 Å². The van der Waals surface area contributed by atoms with Crippen LogP contribution in [0.1, 0.15) is 12.8 Å². The summed E-state index contributed by atoms with van der Waals surface area (Å²) in [7, 11) is 0. The molecule has 0 spiro atoms. The maximum atomic E-state index is 11.9. The van der Waals surface area contributed by atoms with E-state index in [1.54, 1.807) is 23.5 Å². The van der Waals surface area contributed by atoms with Crippen LogP contribution >= 0.6 is 34.9 Å². The predicted octanol–water partition coefficient (Wildman–Crippen LogP) is 2.65. The summed E-state index contributed by atoms with van der Waals surface area (Å²) in [5.74, 6) is 0.860. The smallest absolute Gasteiger partial charge is 0.242 e. The summed E-state index contributed by atoms with van der Waals surface area (Å²) in [5, 5.41) is 11.4. The zero-order valence-corrected chi connectivity index (χ0v) is 11.9. The van der Waals surface area contributed by atoms with Crippen LogP contribution in [0.4, 0.5) is 5.13 Å². The van der Waals surface area contributed by atoms with Crippen LogP contribution in [0.5, 0.6) is 0 Å². The van der Waals surface area contributed by atoms with Crippen LogP contribution in [0.3, 0.4) is 0 Å². The highest BCUT2D eigenvalue weighted by molar-refractivity contribution is 8.01. The third-order valence-electron chi connectivity index (χ3n) is 2.46. The number of nitrogens with zero attached hydrogens (tertiary/aromatic N) is 2. The van der Waals surface area contributed by atoms with E-state index in [9.17, 15) is 4.79 Å². The lowest BCUT2D eigenvalue weighted by Gasteiger charge is -2.09. The second kappa shape index (κ2) is 5.41. The van der Waals surface area contributed by atoms with Gasteiger partial charge < -0.3 is 0 Å². The summed E-state index contributed by atoms with van der Waals surface area (Å²) in [6.45, 7) is 3.65. The highest BCUT2D eigenvalue weighted by Crippen LogP contribution is 2.48. The van der Waals surface area contributed by atoms with Crippen LogP contribution in [0, 0.1) is 0 Å². The molecule has 7 heteroatoms. The summed E-state index contributed by atoms with van der Waals surface area (Å²) in [6.07, 6.45) is 5.70. The van der Waals surface area contributed by atoms with Crippen LogP contribution < -0.4 is 5.32 Å². The Morgan fingerprint density at radius 1 is 1.65 bits per heavy atom. The van der Waals surface area contributed by atoms with Crippen LogP contribution in [-0.2, 0) is 4.79 Å². The number of carbonyl (C=O) groups excluding carboxylic acids is 1. The van der Waals surface area contributed by atoms with Gasteiger partial charge in [0.2, 0.25) is 11.0 Å². The Morgan fingerprint density at radius 3 is 3.00 bits per heavy atom. The zero-order valence-electron chi connectivity index (χ0n) is 9.43. The second-order valence-electron chi connectivity index (χ2n) is 3.63. The van der Waals surface area contributed by atoms with Gasteiger partial charge in [-0.2, -0.15) is 0 Å². The number of nitrogens with one attached hydrogen (secondary N) is 1. The molecule has 17 heavy (non-hydrogen) atoms. The molecule has 1 aromatic heterocycles. The maximum Gasteiger partial charge on any atom is 0.242 e. The molecule has 1 aromatic rings. The van der Waals surface area contributed by atoms with Gasteiger partial charge in [-0.1, -0.05) is 29.2 Å². The molecule has 92 valence electrons. The fourth-order valence-corrected chi connectivity index (χ4v) is 3.55. The van der Waals surface area contributed by atoms with E-state index in [0.29, 0.717) is 5.13 Å². The second-order valence-corrected chi connectivity index (χ2v) is 7.06. The van der Waals surface area contributed by atoms with Gasteiger partial charge in [0.1, 0.15) is 0 Å². The fourth-order valence-electron chi connectivity index (χ4n) is 1.30. The minimum Gasteiger partial charge on any atom is -0.299 e. The molecular weight excluding hydrogens is 274 g/mol. The van der Waals surface area contributed by atoms with Gasteiger partial charge >= 0.3 is 0 Å². The number of thioether (sulfide) groups is 2. The topological polar surface area (TPSA) is 54.9 Å². The molecule has 0 saturated heterocycles. The van der Waals surface area contributed by atoms with Gasteiger partial charge in [0.05, 0.1) is 4.75 Å². The van der Waals surface area contributed by atoms with Crippen molar-refractivity contribution in [3.63, 3.8) is 0 Å². The van der Waals surface area contributed by atoms with E-state index in [1.165, 1.54) is 11.3 Å². The monoisotopic (exact) mass is 287 g/mol. The summed E-state index contributed by atoms with van der Waals surface area (Å²) >= 11 is 4.59. The highest BCUT2D eigenvalue weighted by Gasteiger charge is 2.49. The first-order valence-corrected chi connectivity index (χ1v) is 8.17. The van der Waals surface area contributed by atoms with E-state index in [1.807, 2.05) is 12.3 Å². The number of aromatic nitrogens is 2. The summed E-state index contributed by atoms with van der Waals surface area (Å²) in [5.41, 5.74) is 0. The molecule has 1 fully saturated rings. The van der Waals surface area contributed by atoms with Crippen molar-refractivity contribution < 1.29 is 4.79 Å². The molecule has 4 nitrogen and oxygen atoms in total. The molecule has 0 aromatic carbocycles. The SMILES string of the molecule is C=CCSc1nnc(NC(=O)C2(SC)CC2)s1. The first kappa shape index (κ1) is 12.9. The standard InChI is InChI=1S/C10H13N3OS3/c1-3-6-16-9-13-12-8(17-9)11-7(14)10(15-2)4-5-10/h3H,1,4-6H2,2H3,(H,11,12,14). The van der Waals surface area contributed by atoms with Crippen molar-refractivity contribution in [1.82, 2.24) is 10.2 Å². The fraction of sp³-hybridized carbons (Fsp3) is 0.500. The molecular formula is C10H13N3OS3. The van der Waals surface area contributed by atoms with E-state index in [2.05, 4.69) is 22.1 Å². The molecule has 2 rings (SSSR count). The van der Waals surface area contributed by atoms with Gasteiger partial charge in [0, 0.05) is 5.75 Å². The maximum absolute atomic E-state index is 11.9. The molecule has 1 saturated carbocycles. The molecule has 1 amide bonds. The van der Waals surface area contributed by atoms with Gasteiger partial charge in [-0.25, -0.2) is 0 Å². The first-order valence-electron chi connectivity index (χ1n) is 5.14. The molecule has 0 radical (unpaired) electrons. The average molecular weight is 287 g/mol. The van der Waals surface area contributed by atoms with Crippen molar-refractivity contribution in [1.29, 1.82) is 0 Å². The number of hydrogen-bond donors (Lipinski definition) is 1. The molecule has 0 unspecified atom stereocenters. The van der Waals surface area contributed by atoms with E-state index in [0.717, 1.165) is 22.9 Å². The Balaban J connectivity index is 1.92. The summed E-state index contributed by atoms with van der Waals surface area (Å²) in [4.78, 5) is 11.9. The van der Waals surface area contributed by atoms with Gasteiger partial charge in [-0.05, 0) is 19.1 Å². The Hall–Kier alpha value is -0.530. The van der Waals surface area contributed by atoms with E-state index >= 15 is 0 Å². The lowest BCUT2D eigenvalue weighted by atomic mass is 10.4. The average Bonchev–Trinajstić information content (AvgIpc) is 3.03. The Bertz CT molecular complexity index is 428. The van der Waals surface area contributed by atoms with Crippen molar-refractivity contribution in [2.75, 3.05) is 17.3 Å². The normalized spacial score (nSPS) is 16.5. The van der Waals surface area contributed by atoms with Crippen LogP contribution in [0.25, 0.3) is 0 Å². The van der Waals surface area contributed by atoms with Crippen LogP contribution in [0.15, 0.2) is 17.0 Å². The number of carbonyl (C=O) groups is 1. The van der Waals surface area contributed by atoms with Gasteiger partial charge in [0.15, 0.2) is 4.34 Å². The zero-order chi connectivity index (χ0) is 12.3. The molecule has 0 atom stereocenters.